The van der Waals surface area contributed by atoms with Crippen molar-refractivity contribution in [2.75, 3.05) is 10.6 Å². The summed E-state index contributed by atoms with van der Waals surface area (Å²) in [5.41, 5.74) is -6.58. The molecule has 122 valence electrons. The van der Waals surface area contributed by atoms with Crippen LogP contribution in [-0.2, 0) is 31.1 Å². The van der Waals surface area contributed by atoms with Crippen molar-refractivity contribution in [1.82, 2.24) is 0 Å². The van der Waals surface area contributed by atoms with Gasteiger partial charge in [-0.2, -0.15) is 13.2 Å². The largest absolute Gasteiger partial charge is 0.502 e. The third-order valence-electron chi connectivity index (χ3n) is 2.85. The second-order valence-electron chi connectivity index (χ2n) is 4.46. The topological polar surface area (TPSA) is 88.6 Å². The zero-order chi connectivity index (χ0) is 17.1. The number of rotatable bonds is 2. The number of nitrogens with zero attached hydrogens (tertiary/aromatic N) is 1. The maximum Gasteiger partial charge on any atom is 0.502 e. The molecule has 0 aromatic heterocycles. The van der Waals surface area contributed by atoms with E-state index in [0.717, 1.165) is 0 Å². The second-order valence-corrected chi connectivity index (χ2v) is 8.20. The molecule has 0 fully saturated rings. The lowest BCUT2D eigenvalue weighted by Crippen LogP contribution is -2.33. The van der Waals surface area contributed by atoms with Gasteiger partial charge in [0.2, 0.25) is 15.9 Å². The molecule has 1 aromatic carbocycles. The summed E-state index contributed by atoms with van der Waals surface area (Å²) >= 11 is 0. The summed E-state index contributed by atoms with van der Waals surface area (Å²) in [5, 5.41) is 0. The Hall–Kier alpha value is -1.69. The molecule has 1 aromatic rings. The highest BCUT2D eigenvalue weighted by Crippen LogP contribution is 2.38. The molecular formula is C10H7F4NO5S2. The van der Waals surface area contributed by atoms with Crippen LogP contribution in [0.15, 0.2) is 17.0 Å². The second kappa shape index (κ2) is 4.65. The van der Waals surface area contributed by atoms with Crippen molar-refractivity contribution < 1.29 is 39.2 Å². The first kappa shape index (κ1) is 16.7. The number of halogens is 4. The summed E-state index contributed by atoms with van der Waals surface area (Å²) in [6.45, 7) is 0. The number of carbonyl (C=O) groups is 1. The number of alkyl halides is 3. The molecule has 22 heavy (non-hydrogen) atoms. The molecule has 1 aliphatic heterocycles. The van der Waals surface area contributed by atoms with Gasteiger partial charge in [-0.05, 0) is 17.7 Å². The van der Waals surface area contributed by atoms with Crippen molar-refractivity contribution in [3.8, 4) is 0 Å². The molecule has 2 rings (SSSR count). The molecule has 1 heterocycles. The van der Waals surface area contributed by atoms with Gasteiger partial charge in [0, 0.05) is 0 Å². The van der Waals surface area contributed by atoms with Crippen LogP contribution in [0.25, 0.3) is 0 Å². The Labute approximate surface area is 122 Å². The molecule has 1 amide bonds. The molecule has 0 unspecified atom stereocenters. The van der Waals surface area contributed by atoms with Crippen LogP contribution in [-0.4, -0.2) is 34.5 Å². The van der Waals surface area contributed by atoms with Crippen LogP contribution in [0, 0.1) is 5.82 Å². The van der Waals surface area contributed by atoms with Crippen LogP contribution < -0.4 is 4.31 Å². The smallest absolute Gasteiger partial charge is 0.273 e. The van der Waals surface area contributed by atoms with Gasteiger partial charge in [0.1, 0.15) is 10.7 Å². The lowest BCUT2D eigenvalue weighted by Gasteiger charge is -2.16. The number of fused-ring (bicyclic) bond motifs is 1. The van der Waals surface area contributed by atoms with Crippen molar-refractivity contribution in [2.45, 2.75) is 16.8 Å². The van der Waals surface area contributed by atoms with Gasteiger partial charge in [-0.25, -0.2) is 25.5 Å². The van der Waals surface area contributed by atoms with Crippen LogP contribution in [0.3, 0.4) is 0 Å². The highest BCUT2D eigenvalue weighted by atomic mass is 32.2. The summed E-state index contributed by atoms with van der Waals surface area (Å²) < 4.78 is 96.9. The summed E-state index contributed by atoms with van der Waals surface area (Å²) in [7, 11) is -10.2. The first-order chi connectivity index (χ1) is 9.76. The Kier molecular flexibility index (Phi) is 3.53. The molecule has 6 nitrogen and oxygen atoms in total. The van der Waals surface area contributed by atoms with E-state index in [1.54, 1.807) is 0 Å². The van der Waals surface area contributed by atoms with Crippen molar-refractivity contribution in [3.05, 3.63) is 23.5 Å². The molecule has 1 aliphatic rings. The Morgan fingerprint density at radius 1 is 1.14 bits per heavy atom. The molecule has 0 N–H and O–H groups in total. The highest BCUT2D eigenvalue weighted by molar-refractivity contribution is 7.93. The molecule has 0 spiro atoms. The Bertz CT molecular complexity index is 873. The first-order valence-electron chi connectivity index (χ1n) is 5.43. The number of sulfone groups is 1. The fourth-order valence-electron chi connectivity index (χ4n) is 1.98. The van der Waals surface area contributed by atoms with E-state index < -0.39 is 54.1 Å². The molecule has 0 saturated carbocycles. The predicted molar refractivity (Wildman–Crippen MR) is 65.7 cm³/mol. The minimum atomic E-state index is -6.02. The standard InChI is InChI=1S/C10H7F4NO5S2/c1-21(17,18)15-7-4-8(22(19,20)10(12,13)14)6(11)2-5(7)3-9(15)16/h2,4H,3H2,1H3. The molecular weight excluding hydrogens is 354 g/mol. The number of sulfonamides is 1. The van der Waals surface area contributed by atoms with Crippen LogP contribution in [0.4, 0.5) is 23.2 Å². The van der Waals surface area contributed by atoms with Crippen molar-refractivity contribution in [3.63, 3.8) is 0 Å². The van der Waals surface area contributed by atoms with Gasteiger partial charge < -0.3 is 0 Å². The summed E-state index contributed by atoms with van der Waals surface area (Å²) in [6, 6.07) is 0.622. The predicted octanol–water partition coefficient (Wildman–Crippen LogP) is 0.968. The van der Waals surface area contributed by atoms with Crippen molar-refractivity contribution in [2.24, 2.45) is 0 Å². The van der Waals surface area contributed by atoms with E-state index in [-0.39, 0.29) is 15.9 Å². The van der Waals surface area contributed by atoms with E-state index in [0.29, 0.717) is 12.3 Å². The Morgan fingerprint density at radius 2 is 1.68 bits per heavy atom. The fraction of sp³-hybridized carbons (Fsp3) is 0.300. The maximum absolute atomic E-state index is 13.7. The van der Waals surface area contributed by atoms with Gasteiger partial charge in [-0.15, -0.1) is 0 Å². The van der Waals surface area contributed by atoms with Gasteiger partial charge in [0.25, 0.3) is 9.84 Å². The number of hydrogen-bond acceptors (Lipinski definition) is 5. The van der Waals surface area contributed by atoms with Crippen LogP contribution in [0.5, 0.6) is 0 Å². The van der Waals surface area contributed by atoms with Crippen LogP contribution in [0.1, 0.15) is 5.56 Å². The monoisotopic (exact) mass is 361 g/mol. The molecule has 12 heteroatoms. The summed E-state index contributed by atoms with van der Waals surface area (Å²) in [5.74, 6) is -2.72. The summed E-state index contributed by atoms with van der Waals surface area (Å²) in [4.78, 5) is 9.87. The number of carbonyl (C=O) groups excluding carboxylic acids is 1. The van der Waals surface area contributed by atoms with Gasteiger partial charge >= 0.3 is 5.51 Å². The zero-order valence-corrected chi connectivity index (χ0v) is 12.3. The van der Waals surface area contributed by atoms with Crippen LogP contribution in [0.2, 0.25) is 0 Å². The third kappa shape index (κ3) is 2.45. The lowest BCUT2D eigenvalue weighted by atomic mass is 10.1. The van der Waals surface area contributed by atoms with Gasteiger partial charge in [-0.3, -0.25) is 4.79 Å². The quantitative estimate of drug-likeness (QED) is 0.733. The molecule has 0 atom stereocenters. The first-order valence-corrected chi connectivity index (χ1v) is 8.77. The van der Waals surface area contributed by atoms with E-state index in [9.17, 15) is 39.2 Å². The molecule has 0 aliphatic carbocycles. The Balaban J connectivity index is 2.76. The van der Waals surface area contributed by atoms with E-state index in [2.05, 4.69) is 0 Å². The summed E-state index contributed by atoms with van der Waals surface area (Å²) in [6.07, 6.45) is 0.0486. The fourth-order valence-corrected chi connectivity index (χ4v) is 3.77. The van der Waals surface area contributed by atoms with Gasteiger partial charge in [0.15, 0.2) is 0 Å². The minimum Gasteiger partial charge on any atom is -0.273 e. The maximum atomic E-state index is 13.7. The third-order valence-corrected chi connectivity index (χ3v) is 5.41. The number of hydrogen-bond donors (Lipinski definition) is 0. The van der Waals surface area contributed by atoms with Crippen molar-refractivity contribution in [1.29, 1.82) is 0 Å². The van der Waals surface area contributed by atoms with E-state index in [1.165, 1.54) is 0 Å². The number of benzene rings is 1. The van der Waals surface area contributed by atoms with E-state index in [4.69, 9.17) is 0 Å². The lowest BCUT2D eigenvalue weighted by molar-refractivity contribution is -0.116. The average Bonchev–Trinajstić information content (AvgIpc) is 2.60. The highest BCUT2D eigenvalue weighted by Gasteiger charge is 2.49. The molecule has 0 radical (unpaired) electrons. The van der Waals surface area contributed by atoms with E-state index >= 15 is 0 Å². The normalized spacial score (nSPS) is 16.0. The number of amides is 1. The van der Waals surface area contributed by atoms with Crippen LogP contribution >= 0.6 is 0 Å². The molecule has 0 saturated heterocycles. The van der Waals surface area contributed by atoms with Crippen molar-refractivity contribution >= 4 is 31.5 Å². The molecule has 0 bridgehead atoms. The minimum absolute atomic E-state index is 0.150. The Morgan fingerprint density at radius 3 is 2.14 bits per heavy atom. The zero-order valence-electron chi connectivity index (χ0n) is 10.7. The SMILES string of the molecule is CS(=O)(=O)N1C(=O)Cc2cc(F)c(S(=O)(=O)C(F)(F)F)cc21. The van der Waals surface area contributed by atoms with E-state index in [1.807, 2.05) is 0 Å². The number of anilines is 1. The average molecular weight is 361 g/mol. The van der Waals surface area contributed by atoms with Gasteiger partial charge in [0.05, 0.1) is 18.4 Å². The van der Waals surface area contributed by atoms with Gasteiger partial charge in [-0.1, -0.05) is 0 Å².